The molecule has 0 spiro atoms. The average Bonchev–Trinajstić information content (AvgIpc) is 2.75. The van der Waals surface area contributed by atoms with E-state index in [1.165, 1.54) is 12.0 Å². The fourth-order valence-electron chi connectivity index (χ4n) is 3.32. The Labute approximate surface area is 169 Å². The molecule has 1 aliphatic heterocycles. The first-order chi connectivity index (χ1) is 13.9. The Morgan fingerprint density at radius 1 is 1.03 bits per heavy atom. The molecule has 0 aliphatic carbocycles. The smallest absolute Gasteiger partial charge is 0.338 e. The van der Waals surface area contributed by atoms with Gasteiger partial charge in [-0.25, -0.2) is 9.59 Å². The minimum absolute atomic E-state index is 0.268. The SMILES string of the molecule is COC(=O)[C@H]1Cc2ccccc2CN1C(=O)COC(=O)c1ccc(N(C)C)cc1. The van der Waals surface area contributed by atoms with E-state index >= 15 is 0 Å². The molecule has 2 aromatic carbocycles. The number of anilines is 1. The zero-order valence-corrected chi connectivity index (χ0v) is 16.8. The van der Waals surface area contributed by atoms with Crippen molar-refractivity contribution >= 4 is 23.5 Å². The largest absolute Gasteiger partial charge is 0.467 e. The van der Waals surface area contributed by atoms with Gasteiger partial charge in [0.15, 0.2) is 6.61 Å². The highest BCUT2D eigenvalue weighted by atomic mass is 16.5. The highest BCUT2D eigenvalue weighted by molar-refractivity contribution is 5.92. The first-order valence-corrected chi connectivity index (χ1v) is 9.29. The molecule has 1 amide bonds. The van der Waals surface area contributed by atoms with Crippen molar-refractivity contribution in [3.05, 3.63) is 65.2 Å². The summed E-state index contributed by atoms with van der Waals surface area (Å²) in [6.45, 7) is -0.173. The third-order valence-corrected chi connectivity index (χ3v) is 4.99. The molecule has 0 N–H and O–H groups in total. The maximum Gasteiger partial charge on any atom is 0.338 e. The zero-order valence-electron chi connectivity index (χ0n) is 16.8. The standard InChI is InChI=1S/C22H24N2O5/c1-23(2)18-10-8-15(9-11-18)21(26)29-14-20(25)24-13-17-7-5-4-6-16(17)12-19(24)22(27)28-3/h4-11,19H,12-14H2,1-3H3/t19-/m1/s1. The second-order valence-electron chi connectivity index (χ2n) is 7.05. The maximum absolute atomic E-state index is 12.8. The summed E-state index contributed by atoms with van der Waals surface area (Å²) in [7, 11) is 5.10. The summed E-state index contributed by atoms with van der Waals surface area (Å²) in [5, 5.41) is 0. The van der Waals surface area contributed by atoms with Crippen molar-refractivity contribution in [2.24, 2.45) is 0 Å². The number of esters is 2. The summed E-state index contributed by atoms with van der Waals surface area (Å²) in [5.74, 6) is -1.51. The number of carbonyl (C=O) groups is 3. The number of ether oxygens (including phenoxy) is 2. The van der Waals surface area contributed by atoms with Gasteiger partial charge < -0.3 is 19.3 Å². The van der Waals surface area contributed by atoms with Gasteiger partial charge in [-0.1, -0.05) is 24.3 Å². The van der Waals surface area contributed by atoms with Crippen molar-refractivity contribution in [1.29, 1.82) is 0 Å². The molecule has 0 bridgehead atoms. The Hall–Kier alpha value is -3.35. The third kappa shape index (κ3) is 4.56. The van der Waals surface area contributed by atoms with E-state index in [0.717, 1.165) is 16.8 Å². The van der Waals surface area contributed by atoms with E-state index in [9.17, 15) is 14.4 Å². The Bertz CT molecular complexity index is 908. The summed E-state index contributed by atoms with van der Waals surface area (Å²) >= 11 is 0. The van der Waals surface area contributed by atoms with Crippen molar-refractivity contribution in [3.8, 4) is 0 Å². The van der Waals surface area contributed by atoms with Gasteiger partial charge in [-0.2, -0.15) is 0 Å². The Morgan fingerprint density at radius 3 is 2.31 bits per heavy atom. The quantitative estimate of drug-likeness (QED) is 0.720. The highest BCUT2D eigenvalue weighted by Gasteiger charge is 2.35. The molecule has 0 radical (unpaired) electrons. The summed E-state index contributed by atoms with van der Waals surface area (Å²) in [4.78, 5) is 40.6. The monoisotopic (exact) mass is 396 g/mol. The van der Waals surface area contributed by atoms with Crippen LogP contribution in [-0.2, 0) is 32.0 Å². The van der Waals surface area contributed by atoms with Crippen LogP contribution in [0.15, 0.2) is 48.5 Å². The van der Waals surface area contributed by atoms with Gasteiger partial charge in [-0.3, -0.25) is 4.79 Å². The van der Waals surface area contributed by atoms with Crippen molar-refractivity contribution in [3.63, 3.8) is 0 Å². The van der Waals surface area contributed by atoms with Gasteiger partial charge in [0.25, 0.3) is 5.91 Å². The summed E-state index contributed by atoms with van der Waals surface area (Å²) in [5.41, 5.74) is 3.28. The van der Waals surface area contributed by atoms with Crippen molar-refractivity contribution in [1.82, 2.24) is 4.90 Å². The number of hydrogen-bond donors (Lipinski definition) is 0. The van der Waals surface area contributed by atoms with Crippen LogP contribution in [0.4, 0.5) is 5.69 Å². The fraction of sp³-hybridized carbons (Fsp3) is 0.318. The summed E-state index contributed by atoms with van der Waals surface area (Å²) in [6, 6.07) is 13.8. The predicted octanol–water partition coefficient (Wildman–Crippen LogP) is 2.04. The lowest BCUT2D eigenvalue weighted by Crippen LogP contribution is -2.50. The first-order valence-electron chi connectivity index (χ1n) is 9.29. The molecular formula is C22H24N2O5. The number of carbonyl (C=O) groups excluding carboxylic acids is 3. The number of nitrogens with zero attached hydrogens (tertiary/aromatic N) is 2. The lowest BCUT2D eigenvalue weighted by atomic mass is 9.94. The maximum atomic E-state index is 12.8. The molecule has 152 valence electrons. The Morgan fingerprint density at radius 2 is 1.69 bits per heavy atom. The van der Waals surface area contributed by atoms with Gasteiger partial charge in [0.1, 0.15) is 6.04 Å². The van der Waals surface area contributed by atoms with Crippen molar-refractivity contribution in [2.45, 2.75) is 19.0 Å². The molecule has 7 heteroatoms. The summed E-state index contributed by atoms with van der Waals surface area (Å²) < 4.78 is 10.1. The number of methoxy groups -OCH3 is 1. The molecule has 0 saturated carbocycles. The van der Waals surface area contributed by atoms with E-state index in [-0.39, 0.29) is 6.54 Å². The van der Waals surface area contributed by atoms with Crippen molar-refractivity contribution < 1.29 is 23.9 Å². The molecule has 1 aliphatic rings. The molecule has 0 saturated heterocycles. The van der Waals surface area contributed by atoms with Crippen LogP contribution in [-0.4, -0.2) is 56.6 Å². The van der Waals surface area contributed by atoms with Crippen LogP contribution in [0.25, 0.3) is 0 Å². The second kappa shape index (κ2) is 8.77. The van der Waals surface area contributed by atoms with Gasteiger partial charge >= 0.3 is 11.9 Å². The van der Waals surface area contributed by atoms with Gasteiger partial charge in [-0.05, 0) is 35.4 Å². The molecule has 1 atom stereocenters. The molecule has 7 nitrogen and oxygen atoms in total. The number of rotatable bonds is 5. The van der Waals surface area contributed by atoms with Crippen LogP contribution in [0, 0.1) is 0 Å². The first kappa shape index (κ1) is 20.4. The number of fused-ring (bicyclic) bond motifs is 1. The number of hydrogen-bond acceptors (Lipinski definition) is 6. The Kier molecular flexibility index (Phi) is 6.16. The van der Waals surface area contributed by atoms with E-state index in [1.54, 1.807) is 24.3 Å². The zero-order chi connectivity index (χ0) is 21.0. The number of amides is 1. The van der Waals surface area contributed by atoms with Crippen molar-refractivity contribution in [2.75, 3.05) is 32.7 Å². The summed E-state index contributed by atoms with van der Waals surface area (Å²) in [6.07, 6.45) is 0.370. The van der Waals surface area contributed by atoms with E-state index in [4.69, 9.17) is 9.47 Å². The van der Waals surface area contributed by atoms with Crippen LogP contribution in [0.3, 0.4) is 0 Å². The van der Waals surface area contributed by atoms with Crippen LogP contribution >= 0.6 is 0 Å². The predicted molar refractivity (Wildman–Crippen MR) is 108 cm³/mol. The highest BCUT2D eigenvalue weighted by Crippen LogP contribution is 2.24. The fourth-order valence-corrected chi connectivity index (χ4v) is 3.32. The molecule has 0 fully saturated rings. The van der Waals surface area contributed by atoms with Gasteiger partial charge in [0.2, 0.25) is 0 Å². The van der Waals surface area contributed by atoms with E-state index < -0.39 is 30.5 Å². The van der Waals surface area contributed by atoms with Crippen LogP contribution in [0.1, 0.15) is 21.5 Å². The molecule has 3 rings (SSSR count). The third-order valence-electron chi connectivity index (χ3n) is 4.99. The Balaban J connectivity index is 1.68. The normalized spacial score (nSPS) is 15.3. The van der Waals surface area contributed by atoms with Crippen LogP contribution in [0.2, 0.25) is 0 Å². The molecule has 0 unspecified atom stereocenters. The van der Waals surface area contributed by atoms with Crippen LogP contribution < -0.4 is 4.90 Å². The van der Waals surface area contributed by atoms with Gasteiger partial charge in [0.05, 0.1) is 12.7 Å². The molecule has 1 heterocycles. The molecule has 2 aromatic rings. The van der Waals surface area contributed by atoms with E-state index in [0.29, 0.717) is 12.0 Å². The topological polar surface area (TPSA) is 76.1 Å². The lowest BCUT2D eigenvalue weighted by molar-refractivity contribution is -0.155. The minimum Gasteiger partial charge on any atom is -0.467 e. The molecule has 0 aromatic heterocycles. The number of benzene rings is 2. The molecular weight excluding hydrogens is 372 g/mol. The minimum atomic E-state index is -0.736. The molecule has 29 heavy (non-hydrogen) atoms. The van der Waals surface area contributed by atoms with Gasteiger partial charge in [0, 0.05) is 32.7 Å². The van der Waals surface area contributed by atoms with Crippen LogP contribution in [0.5, 0.6) is 0 Å². The van der Waals surface area contributed by atoms with Gasteiger partial charge in [-0.15, -0.1) is 0 Å². The second-order valence-corrected chi connectivity index (χ2v) is 7.05. The lowest BCUT2D eigenvalue weighted by Gasteiger charge is -2.35. The average molecular weight is 396 g/mol. The van der Waals surface area contributed by atoms with E-state index in [2.05, 4.69) is 0 Å². The van der Waals surface area contributed by atoms with E-state index in [1.807, 2.05) is 43.3 Å².